The lowest BCUT2D eigenvalue weighted by Gasteiger charge is -2.21. The molecule has 0 aromatic heterocycles. The van der Waals surface area contributed by atoms with Crippen molar-refractivity contribution in [1.82, 2.24) is 20.7 Å². The first-order chi connectivity index (χ1) is 13.9. The molecule has 0 aliphatic heterocycles. The van der Waals surface area contributed by atoms with E-state index in [1.165, 1.54) is 0 Å². The highest BCUT2D eigenvalue weighted by molar-refractivity contribution is 7.80. The SMILES string of the molecule is CCN(CC)C(=S)N/N=C(C)/C(=N/NC(=S)N(CC)CC)c1ccc(NC)cc1. The molecular weight excluding hydrogens is 402 g/mol. The van der Waals surface area contributed by atoms with Crippen molar-refractivity contribution in [2.24, 2.45) is 10.2 Å². The lowest BCUT2D eigenvalue weighted by Crippen LogP contribution is -2.39. The number of hydrazone groups is 2. The van der Waals surface area contributed by atoms with E-state index in [-0.39, 0.29) is 0 Å². The van der Waals surface area contributed by atoms with Gasteiger partial charge in [0.25, 0.3) is 0 Å². The van der Waals surface area contributed by atoms with Gasteiger partial charge in [0.15, 0.2) is 10.2 Å². The third-order valence-corrected chi connectivity index (χ3v) is 5.17. The standard InChI is InChI=1S/C20H33N7S2/c1-7-26(8-2)19(28)24-22-15(5)18(16-11-13-17(21-6)14-12-16)23-25-20(29)27(9-3)10-4/h11-14,21H,7-10H2,1-6H3,(H,24,28)(H,25,29)/b22-15+,23-18-. The molecule has 0 aliphatic rings. The predicted molar refractivity (Wildman–Crippen MR) is 133 cm³/mol. The van der Waals surface area contributed by atoms with Gasteiger partial charge in [-0.25, -0.2) is 0 Å². The van der Waals surface area contributed by atoms with Crippen molar-refractivity contribution in [2.75, 3.05) is 38.5 Å². The van der Waals surface area contributed by atoms with Gasteiger partial charge in [-0.1, -0.05) is 12.1 Å². The Balaban J connectivity index is 3.14. The van der Waals surface area contributed by atoms with E-state index in [0.717, 1.165) is 37.4 Å². The Kier molecular flexibility index (Phi) is 11.2. The second-order valence-corrected chi connectivity index (χ2v) is 6.94. The zero-order valence-electron chi connectivity index (χ0n) is 18.2. The van der Waals surface area contributed by atoms with E-state index in [4.69, 9.17) is 24.4 Å². The van der Waals surface area contributed by atoms with Gasteiger partial charge in [0, 0.05) is 44.5 Å². The second-order valence-electron chi connectivity index (χ2n) is 6.16. The topological polar surface area (TPSA) is 67.3 Å². The number of anilines is 1. The van der Waals surface area contributed by atoms with Gasteiger partial charge in [-0.3, -0.25) is 10.9 Å². The summed E-state index contributed by atoms with van der Waals surface area (Å²) in [7, 11) is 1.89. The Bertz CT molecular complexity index is 721. The van der Waals surface area contributed by atoms with E-state index < -0.39 is 0 Å². The van der Waals surface area contributed by atoms with Crippen LogP contribution in [0, 0.1) is 0 Å². The Morgan fingerprint density at radius 2 is 1.28 bits per heavy atom. The van der Waals surface area contributed by atoms with Gasteiger partial charge in [0.1, 0.15) is 5.71 Å². The number of rotatable bonds is 9. The summed E-state index contributed by atoms with van der Waals surface area (Å²) in [6.45, 7) is 13.4. The zero-order valence-corrected chi connectivity index (χ0v) is 19.9. The highest BCUT2D eigenvalue weighted by atomic mass is 32.1. The maximum absolute atomic E-state index is 5.45. The highest BCUT2D eigenvalue weighted by Crippen LogP contribution is 2.10. The first kappa shape index (κ1) is 24.8. The summed E-state index contributed by atoms with van der Waals surface area (Å²) < 4.78 is 0. The van der Waals surface area contributed by atoms with Crippen LogP contribution in [0.1, 0.15) is 40.2 Å². The summed E-state index contributed by atoms with van der Waals surface area (Å²) in [6.07, 6.45) is 0. The van der Waals surface area contributed by atoms with Crippen molar-refractivity contribution in [3.63, 3.8) is 0 Å². The first-order valence-electron chi connectivity index (χ1n) is 9.91. The van der Waals surface area contributed by atoms with Crippen molar-refractivity contribution in [1.29, 1.82) is 0 Å². The van der Waals surface area contributed by atoms with Gasteiger partial charge >= 0.3 is 0 Å². The molecule has 0 bridgehead atoms. The van der Waals surface area contributed by atoms with Crippen LogP contribution in [0.2, 0.25) is 0 Å². The summed E-state index contributed by atoms with van der Waals surface area (Å²) in [5.74, 6) is 0. The predicted octanol–water partition coefficient (Wildman–Crippen LogP) is 3.24. The van der Waals surface area contributed by atoms with Crippen LogP contribution in [-0.2, 0) is 0 Å². The molecule has 0 saturated carbocycles. The number of hydrogen-bond acceptors (Lipinski definition) is 5. The number of benzene rings is 1. The van der Waals surface area contributed by atoms with Gasteiger partial charge in [0.05, 0.1) is 5.71 Å². The van der Waals surface area contributed by atoms with Gasteiger partial charge in [0.2, 0.25) is 0 Å². The molecule has 1 rings (SSSR count). The lowest BCUT2D eigenvalue weighted by molar-refractivity contribution is 0.457. The largest absolute Gasteiger partial charge is 0.388 e. The molecule has 0 fully saturated rings. The molecule has 0 atom stereocenters. The van der Waals surface area contributed by atoms with Crippen LogP contribution in [-0.4, -0.2) is 64.7 Å². The number of nitrogens with zero attached hydrogens (tertiary/aromatic N) is 4. The molecule has 0 amide bonds. The lowest BCUT2D eigenvalue weighted by atomic mass is 10.1. The van der Waals surface area contributed by atoms with Crippen molar-refractivity contribution >= 4 is 51.8 Å². The molecule has 0 spiro atoms. The molecule has 1 aromatic rings. The molecule has 0 aliphatic carbocycles. The third-order valence-electron chi connectivity index (χ3n) is 4.47. The first-order valence-corrected chi connectivity index (χ1v) is 10.7. The van der Waals surface area contributed by atoms with Gasteiger partial charge in [-0.15, -0.1) is 0 Å². The fraction of sp³-hybridized carbons (Fsp3) is 0.500. The minimum absolute atomic E-state index is 0.582. The normalized spacial score (nSPS) is 11.7. The molecular formula is C20H33N7S2. The van der Waals surface area contributed by atoms with E-state index in [0.29, 0.717) is 21.6 Å². The summed E-state index contributed by atoms with van der Waals surface area (Å²) >= 11 is 10.9. The molecule has 0 unspecified atom stereocenters. The van der Waals surface area contributed by atoms with E-state index >= 15 is 0 Å². The summed E-state index contributed by atoms with van der Waals surface area (Å²) in [5, 5.41) is 13.3. The number of hydrogen-bond donors (Lipinski definition) is 3. The summed E-state index contributed by atoms with van der Waals surface area (Å²) in [5.41, 5.74) is 9.32. The van der Waals surface area contributed by atoms with Crippen molar-refractivity contribution in [3.8, 4) is 0 Å². The Morgan fingerprint density at radius 3 is 1.69 bits per heavy atom. The van der Waals surface area contributed by atoms with Crippen molar-refractivity contribution in [3.05, 3.63) is 29.8 Å². The van der Waals surface area contributed by atoms with Crippen LogP contribution in [0.4, 0.5) is 5.69 Å². The smallest absolute Gasteiger partial charge is 0.189 e. The van der Waals surface area contributed by atoms with Crippen LogP contribution in [0.5, 0.6) is 0 Å². The fourth-order valence-corrected chi connectivity index (χ4v) is 3.21. The third kappa shape index (κ3) is 7.58. The van der Waals surface area contributed by atoms with Gasteiger partial charge in [-0.2, -0.15) is 10.2 Å². The summed E-state index contributed by atoms with van der Waals surface area (Å²) in [4.78, 5) is 4.05. The maximum atomic E-state index is 5.45. The maximum Gasteiger partial charge on any atom is 0.189 e. The molecule has 3 N–H and O–H groups in total. The average molecular weight is 436 g/mol. The van der Waals surface area contributed by atoms with E-state index in [9.17, 15) is 0 Å². The van der Waals surface area contributed by atoms with E-state index in [2.05, 4.69) is 54.1 Å². The number of thiocarbonyl (C=S) groups is 2. The molecule has 9 heteroatoms. The van der Waals surface area contributed by atoms with Crippen molar-refractivity contribution in [2.45, 2.75) is 34.6 Å². The minimum Gasteiger partial charge on any atom is -0.388 e. The number of nitrogens with one attached hydrogen (secondary N) is 3. The fourth-order valence-electron chi connectivity index (χ4n) is 2.60. The monoisotopic (exact) mass is 435 g/mol. The van der Waals surface area contributed by atoms with Crippen LogP contribution in [0.15, 0.2) is 34.5 Å². The molecule has 7 nitrogen and oxygen atoms in total. The molecule has 1 aromatic carbocycles. The van der Waals surface area contributed by atoms with Crippen LogP contribution in [0.3, 0.4) is 0 Å². The van der Waals surface area contributed by atoms with E-state index in [1.54, 1.807) is 0 Å². The van der Waals surface area contributed by atoms with Gasteiger partial charge in [-0.05, 0) is 71.2 Å². The summed E-state index contributed by atoms with van der Waals surface area (Å²) in [6, 6.07) is 7.98. The molecule has 29 heavy (non-hydrogen) atoms. The highest BCUT2D eigenvalue weighted by Gasteiger charge is 2.11. The van der Waals surface area contributed by atoms with E-state index in [1.807, 2.05) is 48.0 Å². The Hall–Kier alpha value is -2.26. The molecule has 0 radical (unpaired) electrons. The molecule has 0 heterocycles. The molecule has 160 valence electrons. The Morgan fingerprint density at radius 1 is 0.828 bits per heavy atom. The van der Waals surface area contributed by atoms with Gasteiger partial charge < -0.3 is 15.1 Å². The van der Waals surface area contributed by atoms with Crippen LogP contribution in [0.25, 0.3) is 0 Å². The molecule has 0 saturated heterocycles. The van der Waals surface area contributed by atoms with Crippen LogP contribution >= 0.6 is 24.4 Å². The second kappa shape index (κ2) is 13.1. The Labute approximate surface area is 185 Å². The minimum atomic E-state index is 0.582. The van der Waals surface area contributed by atoms with Crippen molar-refractivity contribution < 1.29 is 0 Å². The zero-order chi connectivity index (χ0) is 21.8. The quantitative estimate of drug-likeness (QED) is 0.313. The van der Waals surface area contributed by atoms with Crippen LogP contribution < -0.4 is 16.2 Å². The average Bonchev–Trinajstić information content (AvgIpc) is 2.74.